The van der Waals surface area contributed by atoms with Crippen LogP contribution in [0.15, 0.2) is 24.3 Å². The number of carbonyl (C=O) groups is 1. The van der Waals surface area contributed by atoms with Gasteiger partial charge in [0.25, 0.3) is 5.91 Å². The average molecular weight is 177 g/mol. The highest BCUT2D eigenvalue weighted by atomic mass is 16.5. The van der Waals surface area contributed by atoms with Gasteiger partial charge in [0.05, 0.1) is 11.6 Å². The molecule has 1 N–H and O–H groups in total. The van der Waals surface area contributed by atoms with Crippen molar-refractivity contribution >= 4 is 5.91 Å². The summed E-state index contributed by atoms with van der Waals surface area (Å²) in [6.07, 6.45) is 0. The van der Waals surface area contributed by atoms with Crippen molar-refractivity contribution in [3.05, 3.63) is 29.8 Å². The van der Waals surface area contributed by atoms with Gasteiger partial charge in [-0.25, -0.2) is 0 Å². The van der Waals surface area contributed by atoms with Crippen LogP contribution in [0.4, 0.5) is 0 Å². The molecule has 3 heteroatoms. The van der Waals surface area contributed by atoms with E-state index in [2.05, 4.69) is 5.32 Å². The molecule has 0 aliphatic carbocycles. The number of benzene rings is 1. The maximum atomic E-state index is 11.5. The second-order valence-corrected chi connectivity index (χ2v) is 3.18. The molecule has 1 aliphatic rings. The van der Waals surface area contributed by atoms with Crippen molar-refractivity contribution in [1.82, 2.24) is 5.32 Å². The standard InChI is InChI=1S/C10H11NO2/c1-7-6-13-9-5-3-2-4-8(9)10(12)11-7/h2-5,7H,6H2,1H3,(H,11,12). The van der Waals surface area contributed by atoms with Crippen LogP contribution in [0.25, 0.3) is 0 Å². The summed E-state index contributed by atoms with van der Waals surface area (Å²) in [7, 11) is 0. The summed E-state index contributed by atoms with van der Waals surface area (Å²) in [4.78, 5) is 11.5. The number of rotatable bonds is 0. The Kier molecular flexibility index (Phi) is 1.93. The van der Waals surface area contributed by atoms with Crippen LogP contribution in [0.3, 0.4) is 0 Å². The SMILES string of the molecule is CC1COc2ccccc2C(=O)N1. The van der Waals surface area contributed by atoms with Crippen molar-refractivity contribution in [2.45, 2.75) is 13.0 Å². The molecule has 0 spiro atoms. The van der Waals surface area contributed by atoms with Gasteiger partial charge in [0.15, 0.2) is 0 Å². The molecule has 1 unspecified atom stereocenters. The van der Waals surface area contributed by atoms with Crippen LogP contribution in [0, 0.1) is 0 Å². The zero-order chi connectivity index (χ0) is 9.26. The first kappa shape index (κ1) is 8.10. The molecule has 1 atom stereocenters. The van der Waals surface area contributed by atoms with Gasteiger partial charge in [0, 0.05) is 0 Å². The molecule has 1 amide bonds. The summed E-state index contributed by atoms with van der Waals surface area (Å²) in [5.41, 5.74) is 0.617. The zero-order valence-corrected chi connectivity index (χ0v) is 7.41. The van der Waals surface area contributed by atoms with Crippen LogP contribution < -0.4 is 10.1 Å². The van der Waals surface area contributed by atoms with E-state index in [1.54, 1.807) is 6.07 Å². The molecule has 0 aromatic heterocycles. The second-order valence-electron chi connectivity index (χ2n) is 3.18. The lowest BCUT2D eigenvalue weighted by Crippen LogP contribution is -2.33. The summed E-state index contributed by atoms with van der Waals surface area (Å²) in [6.45, 7) is 2.45. The highest BCUT2D eigenvalue weighted by Crippen LogP contribution is 2.19. The number of amides is 1. The number of ether oxygens (including phenoxy) is 1. The topological polar surface area (TPSA) is 38.3 Å². The largest absolute Gasteiger partial charge is 0.491 e. The van der Waals surface area contributed by atoms with Crippen LogP contribution in [0.2, 0.25) is 0 Å². The summed E-state index contributed by atoms with van der Waals surface area (Å²) >= 11 is 0. The van der Waals surface area contributed by atoms with Crippen molar-refractivity contribution in [1.29, 1.82) is 0 Å². The summed E-state index contributed by atoms with van der Waals surface area (Å²) in [6, 6.07) is 7.34. The molecule has 1 aromatic rings. The van der Waals surface area contributed by atoms with Crippen molar-refractivity contribution in [3.63, 3.8) is 0 Å². The smallest absolute Gasteiger partial charge is 0.255 e. The Morgan fingerprint density at radius 3 is 3.08 bits per heavy atom. The third-order valence-electron chi connectivity index (χ3n) is 2.00. The highest BCUT2D eigenvalue weighted by molar-refractivity contribution is 5.97. The minimum absolute atomic E-state index is 0.0550. The van der Waals surface area contributed by atoms with E-state index >= 15 is 0 Å². The van der Waals surface area contributed by atoms with E-state index in [9.17, 15) is 4.79 Å². The Balaban J connectivity index is 2.40. The molecule has 68 valence electrons. The van der Waals surface area contributed by atoms with Crippen molar-refractivity contribution in [2.75, 3.05) is 6.61 Å². The van der Waals surface area contributed by atoms with E-state index in [1.165, 1.54) is 0 Å². The number of hydrogen-bond acceptors (Lipinski definition) is 2. The third-order valence-corrected chi connectivity index (χ3v) is 2.00. The molecule has 1 aliphatic heterocycles. The summed E-state index contributed by atoms with van der Waals surface area (Å²) < 4.78 is 5.45. The van der Waals surface area contributed by atoms with Crippen LogP contribution in [-0.4, -0.2) is 18.6 Å². The lowest BCUT2D eigenvalue weighted by atomic mass is 10.2. The van der Waals surface area contributed by atoms with Gasteiger partial charge in [-0.1, -0.05) is 12.1 Å². The molecule has 3 nitrogen and oxygen atoms in total. The highest BCUT2D eigenvalue weighted by Gasteiger charge is 2.18. The van der Waals surface area contributed by atoms with Crippen LogP contribution in [0.1, 0.15) is 17.3 Å². The van der Waals surface area contributed by atoms with E-state index in [0.29, 0.717) is 17.9 Å². The van der Waals surface area contributed by atoms with Crippen LogP contribution >= 0.6 is 0 Å². The van der Waals surface area contributed by atoms with Crippen molar-refractivity contribution < 1.29 is 9.53 Å². The molecule has 13 heavy (non-hydrogen) atoms. The monoisotopic (exact) mass is 177 g/mol. The minimum atomic E-state index is -0.0550. The van der Waals surface area contributed by atoms with Gasteiger partial charge in [0.2, 0.25) is 0 Å². The van der Waals surface area contributed by atoms with Gasteiger partial charge in [-0.2, -0.15) is 0 Å². The first-order valence-electron chi connectivity index (χ1n) is 4.30. The van der Waals surface area contributed by atoms with Crippen molar-refractivity contribution in [3.8, 4) is 5.75 Å². The summed E-state index contributed by atoms with van der Waals surface area (Å²) in [5, 5.41) is 2.83. The molecular formula is C10H11NO2. The van der Waals surface area contributed by atoms with Gasteiger partial charge in [-0.15, -0.1) is 0 Å². The number of para-hydroxylation sites is 1. The third kappa shape index (κ3) is 1.49. The Bertz CT molecular complexity index is 335. The Labute approximate surface area is 76.7 Å². The van der Waals surface area contributed by atoms with E-state index in [0.717, 1.165) is 0 Å². The molecular weight excluding hydrogens is 166 g/mol. The fourth-order valence-electron chi connectivity index (χ4n) is 1.34. The predicted octanol–water partition coefficient (Wildman–Crippen LogP) is 1.20. The molecule has 0 fully saturated rings. The molecule has 0 bridgehead atoms. The van der Waals surface area contributed by atoms with Crippen molar-refractivity contribution in [2.24, 2.45) is 0 Å². The van der Waals surface area contributed by atoms with Crippen LogP contribution in [0.5, 0.6) is 5.75 Å². The molecule has 1 aromatic carbocycles. The molecule has 0 saturated carbocycles. The van der Waals surface area contributed by atoms with E-state index in [1.807, 2.05) is 25.1 Å². The van der Waals surface area contributed by atoms with Gasteiger partial charge < -0.3 is 10.1 Å². The van der Waals surface area contributed by atoms with E-state index in [4.69, 9.17) is 4.74 Å². The molecule has 0 saturated heterocycles. The normalized spacial score (nSPS) is 21.0. The fourth-order valence-corrected chi connectivity index (χ4v) is 1.34. The molecule has 2 rings (SSSR count). The molecule has 1 heterocycles. The van der Waals surface area contributed by atoms with Crippen LogP contribution in [-0.2, 0) is 0 Å². The average Bonchev–Trinajstić information content (AvgIpc) is 2.27. The quantitative estimate of drug-likeness (QED) is 0.646. The van der Waals surface area contributed by atoms with E-state index < -0.39 is 0 Å². The maximum Gasteiger partial charge on any atom is 0.255 e. The molecule has 0 radical (unpaired) electrons. The summed E-state index contributed by atoms with van der Waals surface area (Å²) in [5.74, 6) is 0.616. The maximum absolute atomic E-state index is 11.5. The predicted molar refractivity (Wildman–Crippen MR) is 48.9 cm³/mol. The Hall–Kier alpha value is -1.51. The van der Waals surface area contributed by atoms with Gasteiger partial charge in [-0.05, 0) is 19.1 Å². The first-order valence-corrected chi connectivity index (χ1v) is 4.30. The minimum Gasteiger partial charge on any atom is -0.491 e. The van der Waals surface area contributed by atoms with Gasteiger partial charge in [-0.3, -0.25) is 4.79 Å². The number of hydrogen-bond donors (Lipinski definition) is 1. The number of fused-ring (bicyclic) bond motifs is 1. The fraction of sp³-hybridized carbons (Fsp3) is 0.300. The van der Waals surface area contributed by atoms with Gasteiger partial charge in [0.1, 0.15) is 12.4 Å². The lowest BCUT2D eigenvalue weighted by molar-refractivity contribution is 0.0942. The Morgan fingerprint density at radius 2 is 2.23 bits per heavy atom. The zero-order valence-electron chi connectivity index (χ0n) is 7.41. The van der Waals surface area contributed by atoms with E-state index in [-0.39, 0.29) is 11.9 Å². The number of nitrogens with one attached hydrogen (secondary N) is 1. The first-order chi connectivity index (χ1) is 6.27. The Morgan fingerprint density at radius 1 is 1.46 bits per heavy atom. The van der Waals surface area contributed by atoms with Gasteiger partial charge >= 0.3 is 0 Å². The lowest BCUT2D eigenvalue weighted by Gasteiger charge is -2.07. The second kappa shape index (κ2) is 3.09. The number of carbonyl (C=O) groups excluding carboxylic acids is 1.